The van der Waals surface area contributed by atoms with Crippen molar-refractivity contribution in [2.45, 2.75) is 32.7 Å². The maximum atomic E-state index is 12.8. The zero-order valence-electron chi connectivity index (χ0n) is 11.2. The van der Waals surface area contributed by atoms with E-state index in [1.165, 1.54) is 12.1 Å². The smallest absolute Gasteiger partial charge is 0.228 e. The normalized spacial score (nSPS) is 12.6. The van der Waals surface area contributed by atoms with Crippen LogP contribution in [0.1, 0.15) is 26.2 Å². The van der Waals surface area contributed by atoms with Crippen LogP contribution >= 0.6 is 0 Å². The molecular weight excluding hydrogens is 245 g/mol. The van der Waals surface area contributed by atoms with Crippen LogP contribution in [0.5, 0.6) is 0 Å². The Labute approximate surface area is 112 Å². The minimum absolute atomic E-state index is 0.273. The predicted molar refractivity (Wildman–Crippen MR) is 71.2 cm³/mol. The average Bonchev–Trinajstić information content (AvgIpc) is 2.85. The largest absolute Gasteiger partial charge is 0.339 e. The third kappa shape index (κ3) is 3.86. The number of aromatic nitrogens is 2. The SMILES string of the molecule is CCCNC(C)Cc1nc(-c2ccc(F)cc2)no1. The van der Waals surface area contributed by atoms with Gasteiger partial charge in [-0.2, -0.15) is 4.98 Å². The molecule has 1 unspecified atom stereocenters. The molecule has 0 aliphatic heterocycles. The number of hydrogen-bond donors (Lipinski definition) is 1. The molecule has 0 spiro atoms. The molecule has 0 fully saturated rings. The minimum atomic E-state index is -0.273. The maximum Gasteiger partial charge on any atom is 0.228 e. The van der Waals surface area contributed by atoms with Gasteiger partial charge in [0.25, 0.3) is 0 Å². The maximum absolute atomic E-state index is 12.8. The summed E-state index contributed by atoms with van der Waals surface area (Å²) in [5, 5.41) is 7.27. The van der Waals surface area contributed by atoms with Gasteiger partial charge in [-0.1, -0.05) is 12.1 Å². The van der Waals surface area contributed by atoms with Crippen molar-refractivity contribution in [2.75, 3.05) is 6.54 Å². The van der Waals surface area contributed by atoms with Gasteiger partial charge in [0.05, 0.1) is 0 Å². The monoisotopic (exact) mass is 263 g/mol. The number of benzene rings is 1. The Kier molecular flexibility index (Phi) is 4.63. The summed E-state index contributed by atoms with van der Waals surface area (Å²) in [5.41, 5.74) is 0.755. The highest BCUT2D eigenvalue weighted by Crippen LogP contribution is 2.16. The third-order valence-electron chi connectivity index (χ3n) is 2.79. The van der Waals surface area contributed by atoms with Gasteiger partial charge in [-0.25, -0.2) is 4.39 Å². The molecule has 4 nitrogen and oxygen atoms in total. The van der Waals surface area contributed by atoms with Crippen molar-refractivity contribution >= 4 is 0 Å². The van der Waals surface area contributed by atoms with E-state index < -0.39 is 0 Å². The Hall–Kier alpha value is -1.75. The van der Waals surface area contributed by atoms with Crippen molar-refractivity contribution in [1.82, 2.24) is 15.5 Å². The van der Waals surface area contributed by atoms with Crippen molar-refractivity contribution in [3.8, 4) is 11.4 Å². The van der Waals surface area contributed by atoms with Crippen molar-refractivity contribution in [1.29, 1.82) is 0 Å². The molecule has 2 aromatic rings. The average molecular weight is 263 g/mol. The summed E-state index contributed by atoms with van der Waals surface area (Å²) in [5.74, 6) is 0.818. The highest BCUT2D eigenvalue weighted by Gasteiger charge is 2.11. The molecule has 102 valence electrons. The number of rotatable bonds is 6. The molecule has 0 radical (unpaired) electrons. The lowest BCUT2D eigenvalue weighted by Crippen LogP contribution is -2.28. The van der Waals surface area contributed by atoms with Crippen molar-refractivity contribution in [3.63, 3.8) is 0 Å². The first kappa shape index (κ1) is 13.7. The summed E-state index contributed by atoms with van der Waals surface area (Å²) in [4.78, 5) is 4.32. The van der Waals surface area contributed by atoms with E-state index in [1.807, 2.05) is 0 Å². The van der Waals surface area contributed by atoms with E-state index in [9.17, 15) is 4.39 Å². The number of nitrogens with zero attached hydrogens (tertiary/aromatic N) is 2. The summed E-state index contributed by atoms with van der Waals surface area (Å²) >= 11 is 0. The summed E-state index contributed by atoms with van der Waals surface area (Å²) in [7, 11) is 0. The Morgan fingerprint density at radius 2 is 2.05 bits per heavy atom. The first-order chi connectivity index (χ1) is 9.19. The highest BCUT2D eigenvalue weighted by atomic mass is 19.1. The molecule has 0 aliphatic carbocycles. The van der Waals surface area contributed by atoms with Gasteiger partial charge in [-0.3, -0.25) is 0 Å². The zero-order chi connectivity index (χ0) is 13.7. The van der Waals surface area contributed by atoms with Gasteiger partial charge in [-0.15, -0.1) is 0 Å². The van der Waals surface area contributed by atoms with Crippen LogP contribution in [-0.2, 0) is 6.42 Å². The lowest BCUT2D eigenvalue weighted by molar-refractivity contribution is 0.362. The summed E-state index contributed by atoms with van der Waals surface area (Å²) in [6, 6.07) is 6.35. The second-order valence-electron chi connectivity index (χ2n) is 4.58. The van der Waals surface area contributed by atoms with Crippen LogP contribution < -0.4 is 5.32 Å². The minimum Gasteiger partial charge on any atom is -0.339 e. The molecule has 1 atom stereocenters. The van der Waals surface area contributed by atoms with Gasteiger partial charge in [0.15, 0.2) is 0 Å². The first-order valence-corrected chi connectivity index (χ1v) is 6.51. The molecular formula is C14H18FN3O. The van der Waals surface area contributed by atoms with Gasteiger partial charge in [0, 0.05) is 18.0 Å². The van der Waals surface area contributed by atoms with Crippen molar-refractivity contribution < 1.29 is 8.91 Å². The predicted octanol–water partition coefficient (Wildman–Crippen LogP) is 2.81. The second kappa shape index (κ2) is 6.43. The molecule has 0 bridgehead atoms. The van der Waals surface area contributed by atoms with Crippen LogP contribution in [-0.4, -0.2) is 22.7 Å². The van der Waals surface area contributed by atoms with E-state index in [4.69, 9.17) is 4.52 Å². The topological polar surface area (TPSA) is 51.0 Å². The van der Waals surface area contributed by atoms with Crippen LogP contribution in [0.25, 0.3) is 11.4 Å². The standard InChI is InChI=1S/C14H18FN3O/c1-3-8-16-10(2)9-13-17-14(18-19-13)11-4-6-12(15)7-5-11/h4-7,10,16H,3,8-9H2,1-2H3. The van der Waals surface area contributed by atoms with Crippen LogP contribution in [0, 0.1) is 5.82 Å². The number of nitrogens with one attached hydrogen (secondary N) is 1. The molecule has 5 heteroatoms. The van der Waals surface area contributed by atoms with Gasteiger partial charge >= 0.3 is 0 Å². The first-order valence-electron chi connectivity index (χ1n) is 6.51. The summed E-state index contributed by atoms with van der Waals surface area (Å²) in [6.07, 6.45) is 1.78. The van der Waals surface area contributed by atoms with Crippen LogP contribution in [0.2, 0.25) is 0 Å². The van der Waals surface area contributed by atoms with E-state index >= 15 is 0 Å². The zero-order valence-corrected chi connectivity index (χ0v) is 11.2. The molecule has 1 heterocycles. The van der Waals surface area contributed by atoms with Gasteiger partial charge in [0.1, 0.15) is 5.82 Å². The molecule has 2 rings (SSSR count). The van der Waals surface area contributed by atoms with Gasteiger partial charge in [-0.05, 0) is 44.2 Å². The Morgan fingerprint density at radius 3 is 2.74 bits per heavy atom. The van der Waals surface area contributed by atoms with Gasteiger partial charge < -0.3 is 9.84 Å². The van der Waals surface area contributed by atoms with E-state index in [2.05, 4.69) is 29.3 Å². The van der Waals surface area contributed by atoms with Crippen LogP contribution in [0.15, 0.2) is 28.8 Å². The lowest BCUT2D eigenvalue weighted by atomic mass is 10.2. The molecule has 0 saturated heterocycles. The van der Waals surface area contributed by atoms with E-state index in [0.29, 0.717) is 24.2 Å². The van der Waals surface area contributed by atoms with Crippen molar-refractivity contribution in [2.24, 2.45) is 0 Å². The molecule has 19 heavy (non-hydrogen) atoms. The molecule has 0 amide bonds. The van der Waals surface area contributed by atoms with E-state index in [1.54, 1.807) is 12.1 Å². The fourth-order valence-corrected chi connectivity index (χ4v) is 1.78. The molecule has 0 aliphatic rings. The van der Waals surface area contributed by atoms with E-state index in [-0.39, 0.29) is 5.82 Å². The molecule has 1 aromatic carbocycles. The fraction of sp³-hybridized carbons (Fsp3) is 0.429. The number of halogens is 1. The Bertz CT molecular complexity index is 510. The second-order valence-corrected chi connectivity index (χ2v) is 4.58. The van der Waals surface area contributed by atoms with E-state index in [0.717, 1.165) is 18.5 Å². The Balaban J connectivity index is 2.00. The summed E-state index contributed by atoms with van der Waals surface area (Å²) < 4.78 is 18.0. The molecule has 1 aromatic heterocycles. The molecule has 0 saturated carbocycles. The Morgan fingerprint density at radius 1 is 1.32 bits per heavy atom. The fourth-order valence-electron chi connectivity index (χ4n) is 1.78. The number of hydrogen-bond acceptors (Lipinski definition) is 4. The third-order valence-corrected chi connectivity index (χ3v) is 2.79. The van der Waals surface area contributed by atoms with Crippen molar-refractivity contribution in [3.05, 3.63) is 36.0 Å². The highest BCUT2D eigenvalue weighted by molar-refractivity contribution is 5.53. The molecule has 1 N–H and O–H groups in total. The summed E-state index contributed by atoms with van der Waals surface area (Å²) in [6.45, 7) is 5.18. The van der Waals surface area contributed by atoms with Crippen LogP contribution in [0.4, 0.5) is 4.39 Å². The van der Waals surface area contributed by atoms with Gasteiger partial charge in [0.2, 0.25) is 11.7 Å². The lowest BCUT2D eigenvalue weighted by Gasteiger charge is -2.09. The van der Waals surface area contributed by atoms with Crippen LogP contribution in [0.3, 0.4) is 0 Å². The quantitative estimate of drug-likeness (QED) is 0.870.